The minimum absolute atomic E-state index is 0.208. The number of ether oxygens (including phenoxy) is 1. The molecule has 1 rings (SSSR count). The molecule has 0 aromatic heterocycles. The van der Waals surface area contributed by atoms with Gasteiger partial charge in [-0.1, -0.05) is 37.9 Å². The van der Waals surface area contributed by atoms with Gasteiger partial charge in [-0.25, -0.2) is 0 Å². The largest absolute Gasteiger partial charge is 0.466 e. The van der Waals surface area contributed by atoms with E-state index in [2.05, 4.69) is 31.9 Å². The standard InChI is InChI=1S/C10H10Br2O2/c1-2-14-10(13)6-7-8(11)4-3-5-9(7)12/h3-5H,2,6H2,1H3. The number of esters is 1. The lowest BCUT2D eigenvalue weighted by molar-refractivity contribution is -0.142. The molecule has 1 aromatic rings. The maximum atomic E-state index is 11.3. The Balaban J connectivity index is 2.80. The Morgan fingerprint density at radius 2 is 1.93 bits per heavy atom. The smallest absolute Gasteiger partial charge is 0.310 e. The molecule has 2 nitrogen and oxygen atoms in total. The van der Waals surface area contributed by atoms with E-state index in [1.54, 1.807) is 6.92 Å². The molecule has 1 aromatic carbocycles. The van der Waals surface area contributed by atoms with Gasteiger partial charge in [0.1, 0.15) is 0 Å². The van der Waals surface area contributed by atoms with Gasteiger partial charge >= 0.3 is 5.97 Å². The normalized spacial score (nSPS) is 9.93. The SMILES string of the molecule is CCOC(=O)Cc1c(Br)cccc1Br. The molecule has 14 heavy (non-hydrogen) atoms. The maximum Gasteiger partial charge on any atom is 0.310 e. The summed E-state index contributed by atoms with van der Waals surface area (Å²) < 4.78 is 6.71. The van der Waals surface area contributed by atoms with Gasteiger partial charge in [-0.2, -0.15) is 0 Å². The highest BCUT2D eigenvalue weighted by molar-refractivity contribution is 9.11. The lowest BCUT2D eigenvalue weighted by Crippen LogP contribution is -2.08. The summed E-state index contributed by atoms with van der Waals surface area (Å²) in [5, 5.41) is 0. The molecule has 0 spiro atoms. The fourth-order valence-corrected chi connectivity index (χ4v) is 2.34. The van der Waals surface area contributed by atoms with Crippen LogP contribution >= 0.6 is 31.9 Å². The van der Waals surface area contributed by atoms with Crippen molar-refractivity contribution in [3.63, 3.8) is 0 Å². The first-order valence-electron chi connectivity index (χ1n) is 4.23. The van der Waals surface area contributed by atoms with Gasteiger partial charge in [-0.3, -0.25) is 4.79 Å². The summed E-state index contributed by atoms with van der Waals surface area (Å²) in [5.41, 5.74) is 0.922. The van der Waals surface area contributed by atoms with E-state index in [9.17, 15) is 4.79 Å². The monoisotopic (exact) mass is 320 g/mol. The quantitative estimate of drug-likeness (QED) is 0.798. The number of rotatable bonds is 3. The van der Waals surface area contributed by atoms with Gasteiger partial charge in [-0.05, 0) is 24.6 Å². The Morgan fingerprint density at radius 1 is 1.36 bits per heavy atom. The van der Waals surface area contributed by atoms with Crippen molar-refractivity contribution in [2.24, 2.45) is 0 Å². The van der Waals surface area contributed by atoms with Crippen molar-refractivity contribution in [3.05, 3.63) is 32.7 Å². The van der Waals surface area contributed by atoms with Crippen LogP contribution < -0.4 is 0 Å². The lowest BCUT2D eigenvalue weighted by Gasteiger charge is -2.06. The highest BCUT2D eigenvalue weighted by Gasteiger charge is 2.10. The zero-order valence-corrected chi connectivity index (χ0v) is 10.9. The summed E-state index contributed by atoms with van der Waals surface area (Å²) in [5.74, 6) is -0.208. The van der Waals surface area contributed by atoms with Crippen LogP contribution in [-0.2, 0) is 16.0 Å². The molecule has 4 heteroatoms. The number of benzene rings is 1. The summed E-state index contributed by atoms with van der Waals surface area (Å²) >= 11 is 6.78. The summed E-state index contributed by atoms with van der Waals surface area (Å²) in [7, 11) is 0. The number of carbonyl (C=O) groups excluding carboxylic acids is 1. The van der Waals surface area contributed by atoms with Crippen molar-refractivity contribution in [3.8, 4) is 0 Å². The second-order valence-corrected chi connectivity index (χ2v) is 4.39. The molecule has 76 valence electrons. The van der Waals surface area contributed by atoms with Crippen molar-refractivity contribution in [2.75, 3.05) is 6.61 Å². The van der Waals surface area contributed by atoms with E-state index in [-0.39, 0.29) is 12.4 Å². The van der Waals surface area contributed by atoms with Crippen LogP contribution in [0.2, 0.25) is 0 Å². The first-order valence-corrected chi connectivity index (χ1v) is 5.82. The molecule has 0 aliphatic heterocycles. The third kappa shape index (κ3) is 3.10. The molecule has 0 unspecified atom stereocenters. The van der Waals surface area contributed by atoms with Gasteiger partial charge in [0.15, 0.2) is 0 Å². The minimum Gasteiger partial charge on any atom is -0.466 e. The predicted octanol–water partition coefficient (Wildman–Crippen LogP) is 3.32. The zero-order valence-electron chi connectivity index (χ0n) is 7.72. The molecular formula is C10H10Br2O2. The average molecular weight is 322 g/mol. The van der Waals surface area contributed by atoms with Gasteiger partial charge in [-0.15, -0.1) is 0 Å². The minimum atomic E-state index is -0.208. The predicted molar refractivity (Wildman–Crippen MR) is 62.2 cm³/mol. The van der Waals surface area contributed by atoms with Crippen molar-refractivity contribution in [1.82, 2.24) is 0 Å². The first-order chi connectivity index (χ1) is 6.65. The Morgan fingerprint density at radius 3 is 2.43 bits per heavy atom. The summed E-state index contributed by atoms with van der Waals surface area (Å²) in [6, 6.07) is 5.71. The topological polar surface area (TPSA) is 26.3 Å². The highest BCUT2D eigenvalue weighted by Crippen LogP contribution is 2.25. The van der Waals surface area contributed by atoms with Gasteiger partial charge in [0.05, 0.1) is 13.0 Å². The van der Waals surface area contributed by atoms with E-state index < -0.39 is 0 Å². The van der Waals surface area contributed by atoms with Crippen LogP contribution in [0, 0.1) is 0 Å². The molecule has 0 amide bonds. The summed E-state index contributed by atoms with van der Waals surface area (Å²) in [6.07, 6.45) is 0.288. The highest BCUT2D eigenvalue weighted by atomic mass is 79.9. The fraction of sp³-hybridized carbons (Fsp3) is 0.300. The van der Waals surface area contributed by atoms with Crippen LogP contribution in [0.4, 0.5) is 0 Å². The third-order valence-corrected chi connectivity index (χ3v) is 3.17. The zero-order chi connectivity index (χ0) is 10.6. The first kappa shape index (κ1) is 11.7. The van der Waals surface area contributed by atoms with Crippen LogP contribution in [-0.4, -0.2) is 12.6 Å². The van der Waals surface area contributed by atoms with Crippen molar-refractivity contribution < 1.29 is 9.53 Å². The molecule has 0 saturated heterocycles. The van der Waals surface area contributed by atoms with Gasteiger partial charge in [0.2, 0.25) is 0 Å². The molecule has 0 atom stereocenters. The van der Waals surface area contributed by atoms with Crippen LogP contribution in [0.5, 0.6) is 0 Å². The fourth-order valence-electron chi connectivity index (χ4n) is 1.06. The van der Waals surface area contributed by atoms with Crippen LogP contribution in [0.15, 0.2) is 27.1 Å². The summed E-state index contributed by atoms with van der Waals surface area (Å²) in [6.45, 7) is 2.22. The van der Waals surface area contributed by atoms with Crippen molar-refractivity contribution >= 4 is 37.8 Å². The molecule has 0 saturated carbocycles. The average Bonchev–Trinajstić information content (AvgIpc) is 2.12. The van der Waals surface area contributed by atoms with E-state index in [0.717, 1.165) is 14.5 Å². The van der Waals surface area contributed by atoms with Crippen molar-refractivity contribution in [1.29, 1.82) is 0 Å². The Hall–Kier alpha value is -0.350. The van der Waals surface area contributed by atoms with Crippen LogP contribution in [0.1, 0.15) is 12.5 Å². The van der Waals surface area contributed by atoms with Gasteiger partial charge < -0.3 is 4.74 Å². The van der Waals surface area contributed by atoms with Crippen LogP contribution in [0.3, 0.4) is 0 Å². The third-order valence-electron chi connectivity index (χ3n) is 1.69. The molecule has 0 fully saturated rings. The second kappa shape index (κ2) is 5.51. The van der Waals surface area contributed by atoms with Crippen LogP contribution in [0.25, 0.3) is 0 Å². The number of hydrogen-bond acceptors (Lipinski definition) is 2. The Labute approximate surface area is 99.9 Å². The molecule has 0 bridgehead atoms. The molecule has 0 radical (unpaired) electrons. The lowest BCUT2D eigenvalue weighted by atomic mass is 10.1. The molecule has 0 heterocycles. The molecule has 0 aliphatic carbocycles. The van der Waals surface area contributed by atoms with Gasteiger partial charge in [0, 0.05) is 8.95 Å². The van der Waals surface area contributed by atoms with Crippen molar-refractivity contribution in [2.45, 2.75) is 13.3 Å². The Kier molecular flexibility index (Phi) is 4.62. The van der Waals surface area contributed by atoms with E-state index in [1.165, 1.54) is 0 Å². The number of hydrogen-bond donors (Lipinski definition) is 0. The van der Waals surface area contributed by atoms with Gasteiger partial charge in [0.25, 0.3) is 0 Å². The summed E-state index contributed by atoms with van der Waals surface area (Å²) in [4.78, 5) is 11.3. The van der Waals surface area contributed by atoms with E-state index >= 15 is 0 Å². The van der Waals surface area contributed by atoms with E-state index in [0.29, 0.717) is 6.61 Å². The molecular weight excluding hydrogens is 312 g/mol. The molecule has 0 N–H and O–H groups in total. The Bertz CT molecular complexity index is 317. The maximum absolute atomic E-state index is 11.3. The van der Waals surface area contributed by atoms with E-state index in [4.69, 9.17) is 4.74 Å². The number of halogens is 2. The molecule has 0 aliphatic rings. The number of carbonyl (C=O) groups is 1. The second-order valence-electron chi connectivity index (χ2n) is 2.68. The van der Waals surface area contributed by atoms with E-state index in [1.807, 2.05) is 18.2 Å².